The average molecular weight is 477 g/mol. The molecule has 0 atom stereocenters. The van der Waals surface area contributed by atoms with E-state index in [9.17, 15) is 4.79 Å². The Bertz CT molecular complexity index is 1470. The van der Waals surface area contributed by atoms with Crippen molar-refractivity contribution >= 4 is 40.3 Å². The zero-order chi connectivity index (χ0) is 22.9. The number of anilines is 1. The zero-order valence-corrected chi connectivity index (χ0v) is 19.0. The topological polar surface area (TPSA) is 77.1 Å². The fourth-order valence-electron chi connectivity index (χ4n) is 3.63. The summed E-state index contributed by atoms with van der Waals surface area (Å²) in [6.45, 7) is 0. The summed E-state index contributed by atoms with van der Waals surface area (Å²) in [6, 6.07) is 14.7. The van der Waals surface area contributed by atoms with E-state index in [1.165, 1.54) is 6.33 Å². The molecule has 3 heterocycles. The Labute approximate surface area is 199 Å². The molecule has 0 bridgehead atoms. The number of fused-ring (bicyclic) bond motifs is 1. The van der Waals surface area contributed by atoms with Gasteiger partial charge in [-0.1, -0.05) is 41.4 Å². The van der Waals surface area contributed by atoms with E-state index in [0.717, 1.165) is 33.5 Å². The third-order valence-corrected chi connectivity index (χ3v) is 5.84. The minimum Gasteiger partial charge on any atom is -0.326 e. The van der Waals surface area contributed by atoms with Crippen LogP contribution in [-0.2, 0) is 18.3 Å². The van der Waals surface area contributed by atoms with Crippen LogP contribution >= 0.6 is 23.2 Å². The second kappa shape index (κ2) is 8.69. The molecule has 5 rings (SSSR count). The quantitative estimate of drug-likeness (QED) is 0.374. The molecule has 0 unspecified atom stereocenters. The first-order valence-corrected chi connectivity index (χ1v) is 10.9. The molecule has 0 radical (unpaired) electrons. The van der Waals surface area contributed by atoms with E-state index in [-0.39, 0.29) is 12.3 Å². The third kappa shape index (κ3) is 4.46. The maximum atomic E-state index is 12.5. The van der Waals surface area contributed by atoms with Gasteiger partial charge in [-0.05, 0) is 35.9 Å². The zero-order valence-electron chi connectivity index (χ0n) is 17.5. The molecule has 0 saturated carbocycles. The highest BCUT2D eigenvalue weighted by molar-refractivity contribution is 6.35. The first kappa shape index (κ1) is 21.2. The molecule has 164 valence electrons. The molecule has 1 N–H and O–H groups in total. The molecule has 0 aliphatic rings. The van der Waals surface area contributed by atoms with Crippen LogP contribution in [0.15, 0.2) is 73.4 Å². The van der Waals surface area contributed by atoms with Crippen molar-refractivity contribution in [2.75, 3.05) is 5.32 Å². The van der Waals surface area contributed by atoms with Gasteiger partial charge in [-0.25, -0.2) is 9.50 Å². The molecule has 2 aromatic carbocycles. The van der Waals surface area contributed by atoms with Crippen LogP contribution < -0.4 is 5.32 Å². The highest BCUT2D eigenvalue weighted by atomic mass is 35.5. The first-order valence-electron chi connectivity index (χ1n) is 10.1. The normalized spacial score (nSPS) is 11.1. The van der Waals surface area contributed by atoms with Crippen molar-refractivity contribution in [2.45, 2.75) is 6.42 Å². The Kier molecular flexibility index (Phi) is 5.58. The molecule has 3 aromatic heterocycles. The summed E-state index contributed by atoms with van der Waals surface area (Å²) in [6.07, 6.45) is 7.41. The van der Waals surface area contributed by atoms with Gasteiger partial charge in [0.05, 0.1) is 23.8 Å². The number of aryl methyl sites for hydroxylation is 1. The highest BCUT2D eigenvalue weighted by Crippen LogP contribution is 2.28. The van der Waals surface area contributed by atoms with E-state index in [2.05, 4.69) is 20.5 Å². The van der Waals surface area contributed by atoms with Crippen molar-refractivity contribution in [3.05, 3.63) is 89.1 Å². The van der Waals surface area contributed by atoms with Crippen LogP contribution in [0.4, 0.5) is 5.69 Å². The van der Waals surface area contributed by atoms with Gasteiger partial charge in [-0.2, -0.15) is 10.2 Å². The Morgan fingerprint density at radius 3 is 2.52 bits per heavy atom. The van der Waals surface area contributed by atoms with Gasteiger partial charge in [-0.3, -0.25) is 9.48 Å². The molecule has 9 heteroatoms. The monoisotopic (exact) mass is 476 g/mol. The summed E-state index contributed by atoms with van der Waals surface area (Å²) >= 11 is 12.1. The fourth-order valence-corrected chi connectivity index (χ4v) is 4.11. The number of benzene rings is 2. The number of rotatable bonds is 5. The van der Waals surface area contributed by atoms with Crippen LogP contribution in [0.5, 0.6) is 0 Å². The van der Waals surface area contributed by atoms with E-state index in [1.807, 2.05) is 56.0 Å². The lowest BCUT2D eigenvalue weighted by atomic mass is 10.1. The van der Waals surface area contributed by atoms with Crippen molar-refractivity contribution < 1.29 is 4.79 Å². The first-order chi connectivity index (χ1) is 16.0. The number of carbonyl (C=O) groups is 1. The number of hydrogen-bond donors (Lipinski definition) is 1. The number of hydrogen-bond acceptors (Lipinski definition) is 4. The van der Waals surface area contributed by atoms with Gasteiger partial charge in [0.2, 0.25) is 5.91 Å². The Balaban J connectivity index is 1.36. The summed E-state index contributed by atoms with van der Waals surface area (Å²) in [5.41, 5.74) is 6.01. The summed E-state index contributed by atoms with van der Waals surface area (Å²) in [5, 5.41) is 12.5. The van der Waals surface area contributed by atoms with Crippen LogP contribution in [-0.4, -0.2) is 30.3 Å². The van der Waals surface area contributed by atoms with Gasteiger partial charge in [0.1, 0.15) is 6.33 Å². The molecule has 33 heavy (non-hydrogen) atoms. The van der Waals surface area contributed by atoms with E-state index < -0.39 is 0 Å². The van der Waals surface area contributed by atoms with Gasteiger partial charge < -0.3 is 5.32 Å². The van der Waals surface area contributed by atoms with Gasteiger partial charge in [0, 0.05) is 51.9 Å². The van der Waals surface area contributed by atoms with Crippen molar-refractivity contribution in [1.29, 1.82) is 0 Å². The molecule has 0 aliphatic carbocycles. The summed E-state index contributed by atoms with van der Waals surface area (Å²) in [4.78, 5) is 16.9. The molecule has 0 saturated heterocycles. The predicted octanol–water partition coefficient (Wildman–Crippen LogP) is 5.28. The highest BCUT2D eigenvalue weighted by Gasteiger charge is 2.12. The van der Waals surface area contributed by atoms with Gasteiger partial charge in [0.15, 0.2) is 0 Å². The smallest absolute Gasteiger partial charge is 0.228 e. The fraction of sp³-hybridized carbons (Fsp3) is 0.0833. The van der Waals surface area contributed by atoms with E-state index in [4.69, 9.17) is 23.2 Å². The van der Waals surface area contributed by atoms with Crippen LogP contribution in [0.2, 0.25) is 10.0 Å². The van der Waals surface area contributed by atoms with Crippen molar-refractivity contribution in [2.24, 2.45) is 7.05 Å². The number of carbonyl (C=O) groups excluding carboxylic acids is 1. The largest absolute Gasteiger partial charge is 0.326 e. The summed E-state index contributed by atoms with van der Waals surface area (Å²) < 4.78 is 3.56. The van der Waals surface area contributed by atoms with Crippen molar-refractivity contribution in [1.82, 2.24) is 24.4 Å². The van der Waals surface area contributed by atoms with Gasteiger partial charge in [0.25, 0.3) is 0 Å². The van der Waals surface area contributed by atoms with Gasteiger partial charge in [-0.15, -0.1) is 0 Å². The lowest BCUT2D eigenvalue weighted by Gasteiger charge is -2.08. The predicted molar refractivity (Wildman–Crippen MR) is 129 cm³/mol. The number of nitrogens with one attached hydrogen (secondary N) is 1. The molecule has 1 amide bonds. The average Bonchev–Trinajstić information content (AvgIpc) is 3.42. The minimum atomic E-state index is -0.163. The Hall–Kier alpha value is -3.68. The van der Waals surface area contributed by atoms with Gasteiger partial charge >= 0.3 is 0 Å². The van der Waals surface area contributed by atoms with Crippen LogP contribution in [0.1, 0.15) is 5.56 Å². The molecular weight excluding hydrogens is 459 g/mol. The SMILES string of the molecule is Cn1cc(-c2cc3c(-c4ccc(NC(=O)Cc5ccc(Cl)cc5Cl)cc4)ncnn3c2)cn1. The van der Waals surface area contributed by atoms with E-state index in [1.54, 1.807) is 27.4 Å². The molecule has 7 nitrogen and oxygen atoms in total. The molecule has 0 fully saturated rings. The Morgan fingerprint density at radius 2 is 1.79 bits per heavy atom. The summed E-state index contributed by atoms with van der Waals surface area (Å²) in [7, 11) is 1.88. The number of aromatic nitrogens is 5. The van der Waals surface area contributed by atoms with Crippen molar-refractivity contribution in [3.63, 3.8) is 0 Å². The molecule has 0 spiro atoms. The lowest BCUT2D eigenvalue weighted by molar-refractivity contribution is -0.115. The van der Waals surface area contributed by atoms with E-state index >= 15 is 0 Å². The number of amides is 1. The standard InChI is InChI=1S/C24H18Cl2N6O/c1-31-12-18(11-28-31)17-8-22-24(27-14-29-32(22)13-17)15-3-6-20(7-4-15)30-23(33)9-16-2-5-19(25)10-21(16)26/h2-8,10-14H,9H2,1H3,(H,30,33). The molecule has 5 aromatic rings. The number of nitrogens with zero attached hydrogens (tertiary/aromatic N) is 5. The van der Waals surface area contributed by atoms with Crippen LogP contribution in [0, 0.1) is 0 Å². The number of halogens is 2. The molecular formula is C24H18Cl2N6O. The molecule has 0 aliphatic heterocycles. The Morgan fingerprint density at radius 1 is 0.970 bits per heavy atom. The third-order valence-electron chi connectivity index (χ3n) is 5.25. The van der Waals surface area contributed by atoms with Crippen molar-refractivity contribution in [3.8, 4) is 22.4 Å². The maximum absolute atomic E-state index is 12.5. The minimum absolute atomic E-state index is 0.158. The van der Waals surface area contributed by atoms with Crippen LogP contribution in [0.25, 0.3) is 27.9 Å². The second-order valence-corrected chi connectivity index (χ2v) is 8.45. The summed E-state index contributed by atoms with van der Waals surface area (Å²) in [5.74, 6) is -0.163. The van der Waals surface area contributed by atoms with E-state index in [0.29, 0.717) is 15.7 Å². The van der Waals surface area contributed by atoms with Crippen LogP contribution in [0.3, 0.4) is 0 Å². The second-order valence-electron chi connectivity index (χ2n) is 7.61. The maximum Gasteiger partial charge on any atom is 0.228 e. The lowest BCUT2D eigenvalue weighted by Crippen LogP contribution is -2.14.